The third-order valence-corrected chi connectivity index (χ3v) is 3.26. The smallest absolute Gasteiger partial charge is 0.239 e. The number of hydrogen-bond acceptors (Lipinski definition) is 4. The second-order valence-corrected chi connectivity index (χ2v) is 6.71. The Hall–Kier alpha value is -1.40. The summed E-state index contributed by atoms with van der Waals surface area (Å²) in [5.74, 6) is 0.625. The van der Waals surface area contributed by atoms with Crippen LogP contribution in [-0.4, -0.2) is 51.9 Å². The predicted molar refractivity (Wildman–Crippen MR) is 84.3 cm³/mol. The Morgan fingerprint density at radius 2 is 2.14 bits per heavy atom. The van der Waals surface area contributed by atoms with Gasteiger partial charge in [-0.2, -0.15) is 5.10 Å². The van der Waals surface area contributed by atoms with E-state index in [1.807, 2.05) is 25.1 Å². The van der Waals surface area contributed by atoms with E-state index in [-0.39, 0.29) is 17.4 Å². The van der Waals surface area contributed by atoms with Crippen molar-refractivity contribution >= 4 is 11.7 Å². The maximum atomic E-state index is 12.0. The molecule has 0 aliphatic heterocycles. The first-order chi connectivity index (χ1) is 9.59. The number of aliphatic hydroxyl groups excluding tert-OH is 1. The minimum atomic E-state index is -0.345. The van der Waals surface area contributed by atoms with E-state index < -0.39 is 0 Å². The molecule has 0 aromatic carbocycles. The number of aryl methyl sites for hydroxylation is 1. The van der Waals surface area contributed by atoms with Crippen molar-refractivity contribution in [3.05, 3.63) is 11.8 Å². The van der Waals surface area contributed by atoms with Crippen LogP contribution in [0, 0.1) is 0 Å². The predicted octanol–water partition coefficient (Wildman–Crippen LogP) is 1.36. The van der Waals surface area contributed by atoms with Gasteiger partial charge in [0.1, 0.15) is 5.82 Å². The SMILES string of the molecule is CC(O)CCN(C)CC(=O)Nc1cc(C(C)(C)C)nn1C. The van der Waals surface area contributed by atoms with Crippen molar-refractivity contribution < 1.29 is 9.90 Å². The van der Waals surface area contributed by atoms with Crippen molar-refractivity contribution in [2.75, 3.05) is 25.5 Å². The monoisotopic (exact) mass is 296 g/mol. The van der Waals surface area contributed by atoms with Gasteiger partial charge in [0.2, 0.25) is 5.91 Å². The maximum absolute atomic E-state index is 12.0. The van der Waals surface area contributed by atoms with Gasteiger partial charge in [-0.1, -0.05) is 20.8 Å². The van der Waals surface area contributed by atoms with Crippen molar-refractivity contribution in [1.82, 2.24) is 14.7 Å². The third-order valence-electron chi connectivity index (χ3n) is 3.26. The lowest BCUT2D eigenvalue weighted by atomic mass is 9.92. The molecule has 1 aromatic rings. The fourth-order valence-electron chi connectivity index (χ4n) is 1.86. The number of aliphatic hydroxyl groups is 1. The number of nitrogens with one attached hydrogen (secondary N) is 1. The van der Waals surface area contributed by atoms with Crippen molar-refractivity contribution in [1.29, 1.82) is 0 Å². The van der Waals surface area contributed by atoms with Crippen LogP contribution in [-0.2, 0) is 17.3 Å². The zero-order valence-corrected chi connectivity index (χ0v) is 14.0. The summed E-state index contributed by atoms with van der Waals surface area (Å²) >= 11 is 0. The van der Waals surface area contributed by atoms with Crippen LogP contribution >= 0.6 is 0 Å². The molecular weight excluding hydrogens is 268 g/mol. The first kappa shape index (κ1) is 17.7. The van der Waals surface area contributed by atoms with Gasteiger partial charge in [-0.25, -0.2) is 0 Å². The molecule has 1 aromatic heterocycles. The summed E-state index contributed by atoms with van der Waals surface area (Å²) in [4.78, 5) is 13.9. The first-order valence-corrected chi connectivity index (χ1v) is 7.30. The topological polar surface area (TPSA) is 70.4 Å². The highest BCUT2D eigenvalue weighted by Crippen LogP contribution is 2.23. The summed E-state index contributed by atoms with van der Waals surface area (Å²) in [6.45, 7) is 8.99. The highest BCUT2D eigenvalue weighted by molar-refractivity contribution is 5.91. The van der Waals surface area contributed by atoms with Gasteiger partial charge in [0.15, 0.2) is 0 Å². The van der Waals surface area contributed by atoms with E-state index in [9.17, 15) is 9.90 Å². The molecule has 0 aliphatic carbocycles. The number of aromatic nitrogens is 2. The number of likely N-dealkylation sites (N-methyl/N-ethyl adjacent to an activating group) is 1. The fourth-order valence-corrected chi connectivity index (χ4v) is 1.86. The van der Waals surface area contributed by atoms with Crippen LogP contribution in [0.4, 0.5) is 5.82 Å². The normalized spacial score (nSPS) is 13.5. The van der Waals surface area contributed by atoms with Crippen LogP contribution in [0.15, 0.2) is 6.07 Å². The van der Waals surface area contributed by atoms with E-state index in [0.29, 0.717) is 25.3 Å². The molecule has 6 heteroatoms. The van der Waals surface area contributed by atoms with Crippen LogP contribution in [0.5, 0.6) is 0 Å². The Bertz CT molecular complexity index is 475. The molecule has 120 valence electrons. The highest BCUT2D eigenvalue weighted by atomic mass is 16.3. The molecule has 0 saturated carbocycles. The second-order valence-electron chi connectivity index (χ2n) is 6.71. The van der Waals surface area contributed by atoms with E-state index >= 15 is 0 Å². The summed E-state index contributed by atoms with van der Waals surface area (Å²) in [7, 11) is 3.69. The van der Waals surface area contributed by atoms with E-state index in [0.717, 1.165) is 5.69 Å². The minimum absolute atomic E-state index is 0.0468. The lowest BCUT2D eigenvalue weighted by Crippen LogP contribution is -2.32. The van der Waals surface area contributed by atoms with Crippen molar-refractivity contribution in [2.24, 2.45) is 7.05 Å². The standard InChI is InChI=1S/C15H28N4O2/c1-11(20)7-8-18(5)10-14(21)16-13-9-12(15(2,3)4)17-19(13)6/h9,11,20H,7-8,10H2,1-6H3,(H,16,21). The molecule has 1 amide bonds. The largest absolute Gasteiger partial charge is 0.393 e. The number of anilines is 1. The number of carbonyl (C=O) groups is 1. The van der Waals surface area contributed by atoms with Crippen LogP contribution in [0.1, 0.15) is 39.8 Å². The van der Waals surface area contributed by atoms with Crippen molar-refractivity contribution in [3.63, 3.8) is 0 Å². The lowest BCUT2D eigenvalue weighted by molar-refractivity contribution is -0.117. The van der Waals surface area contributed by atoms with E-state index in [4.69, 9.17) is 0 Å². The molecule has 1 atom stereocenters. The third kappa shape index (κ3) is 5.85. The lowest BCUT2D eigenvalue weighted by Gasteiger charge is -2.17. The van der Waals surface area contributed by atoms with E-state index in [2.05, 4.69) is 31.2 Å². The summed E-state index contributed by atoms with van der Waals surface area (Å²) in [5, 5.41) is 16.6. The van der Waals surface area contributed by atoms with Gasteiger partial charge in [-0.3, -0.25) is 14.4 Å². The molecule has 1 unspecified atom stereocenters. The van der Waals surface area contributed by atoms with Crippen molar-refractivity contribution in [2.45, 2.75) is 45.6 Å². The number of carbonyl (C=O) groups excluding carboxylic acids is 1. The Balaban J connectivity index is 2.57. The Morgan fingerprint density at radius 1 is 1.52 bits per heavy atom. The molecular formula is C15H28N4O2. The van der Waals surface area contributed by atoms with Crippen LogP contribution in [0.3, 0.4) is 0 Å². The quantitative estimate of drug-likeness (QED) is 0.831. The molecule has 6 nitrogen and oxygen atoms in total. The molecule has 2 N–H and O–H groups in total. The Morgan fingerprint density at radius 3 is 2.62 bits per heavy atom. The average molecular weight is 296 g/mol. The molecule has 0 bridgehead atoms. The Kier molecular flexibility index (Phi) is 5.92. The molecule has 0 aliphatic rings. The van der Waals surface area contributed by atoms with Gasteiger partial charge in [-0.15, -0.1) is 0 Å². The highest BCUT2D eigenvalue weighted by Gasteiger charge is 2.19. The number of amides is 1. The zero-order valence-electron chi connectivity index (χ0n) is 14.0. The average Bonchev–Trinajstić information content (AvgIpc) is 2.68. The Labute approximate surface area is 127 Å². The van der Waals surface area contributed by atoms with Gasteiger partial charge in [0.05, 0.1) is 18.3 Å². The molecule has 0 saturated heterocycles. The zero-order chi connectivity index (χ0) is 16.2. The van der Waals surface area contributed by atoms with Gasteiger partial charge < -0.3 is 10.4 Å². The fraction of sp³-hybridized carbons (Fsp3) is 0.733. The van der Waals surface area contributed by atoms with Gasteiger partial charge in [0.25, 0.3) is 0 Å². The first-order valence-electron chi connectivity index (χ1n) is 7.30. The van der Waals surface area contributed by atoms with Crippen LogP contribution in [0.2, 0.25) is 0 Å². The summed E-state index contributed by atoms with van der Waals surface area (Å²) in [5.41, 5.74) is 0.900. The molecule has 1 heterocycles. The molecule has 0 spiro atoms. The van der Waals surface area contributed by atoms with Crippen LogP contribution < -0.4 is 5.32 Å². The maximum Gasteiger partial charge on any atom is 0.239 e. The van der Waals surface area contributed by atoms with E-state index in [1.165, 1.54) is 0 Å². The molecule has 0 fully saturated rings. The van der Waals surface area contributed by atoms with Gasteiger partial charge in [-0.05, 0) is 20.4 Å². The molecule has 1 rings (SSSR count). The van der Waals surface area contributed by atoms with E-state index in [1.54, 1.807) is 11.6 Å². The molecule has 21 heavy (non-hydrogen) atoms. The number of rotatable bonds is 6. The van der Waals surface area contributed by atoms with Gasteiger partial charge >= 0.3 is 0 Å². The number of nitrogens with zero attached hydrogens (tertiary/aromatic N) is 3. The van der Waals surface area contributed by atoms with Gasteiger partial charge in [0, 0.05) is 25.1 Å². The minimum Gasteiger partial charge on any atom is -0.393 e. The second kappa shape index (κ2) is 7.04. The van der Waals surface area contributed by atoms with Crippen molar-refractivity contribution in [3.8, 4) is 0 Å². The summed E-state index contributed by atoms with van der Waals surface area (Å²) in [6, 6.07) is 1.91. The molecule has 0 radical (unpaired) electrons. The van der Waals surface area contributed by atoms with Crippen LogP contribution in [0.25, 0.3) is 0 Å². The summed E-state index contributed by atoms with van der Waals surface area (Å²) < 4.78 is 1.69. The number of hydrogen-bond donors (Lipinski definition) is 2. The summed E-state index contributed by atoms with van der Waals surface area (Å²) in [6.07, 6.45) is 0.311.